The van der Waals surface area contributed by atoms with Crippen LogP contribution in [0.15, 0.2) is 16.6 Å². The number of halogens is 2. The van der Waals surface area contributed by atoms with E-state index in [4.69, 9.17) is 5.11 Å². The SMILES string of the molecule is O=C(O)c1ccc(NCC2CCCC2CO)c(F)c1Br. The first-order valence-electron chi connectivity index (χ1n) is 6.60. The summed E-state index contributed by atoms with van der Waals surface area (Å²) in [6.45, 7) is 0.748. The van der Waals surface area contributed by atoms with E-state index in [1.54, 1.807) is 0 Å². The van der Waals surface area contributed by atoms with E-state index in [9.17, 15) is 14.3 Å². The van der Waals surface area contributed by atoms with E-state index >= 15 is 0 Å². The van der Waals surface area contributed by atoms with E-state index in [0.29, 0.717) is 12.5 Å². The standard InChI is InChI=1S/C14H17BrFNO3/c15-12-10(14(19)20)4-5-11(13(12)16)17-6-8-2-1-3-9(8)7-18/h4-5,8-9,17-18H,1-3,6-7H2,(H,19,20). The molecule has 1 fully saturated rings. The molecule has 1 aliphatic carbocycles. The summed E-state index contributed by atoms with van der Waals surface area (Å²) in [7, 11) is 0. The van der Waals surface area contributed by atoms with Crippen LogP contribution >= 0.6 is 15.9 Å². The molecule has 0 amide bonds. The first kappa shape index (κ1) is 15.3. The van der Waals surface area contributed by atoms with E-state index in [-0.39, 0.29) is 28.2 Å². The summed E-state index contributed by atoms with van der Waals surface area (Å²) in [5, 5.41) is 21.2. The van der Waals surface area contributed by atoms with Crippen molar-refractivity contribution in [3.63, 3.8) is 0 Å². The highest BCUT2D eigenvalue weighted by Gasteiger charge is 2.26. The summed E-state index contributed by atoms with van der Waals surface area (Å²) < 4.78 is 14.0. The molecule has 20 heavy (non-hydrogen) atoms. The van der Waals surface area contributed by atoms with Gasteiger partial charge in [-0.3, -0.25) is 0 Å². The number of aliphatic hydroxyl groups is 1. The number of hydrogen-bond acceptors (Lipinski definition) is 3. The van der Waals surface area contributed by atoms with Crippen LogP contribution in [0.1, 0.15) is 29.6 Å². The van der Waals surface area contributed by atoms with E-state index in [0.717, 1.165) is 19.3 Å². The minimum atomic E-state index is -1.17. The number of aliphatic hydroxyl groups excluding tert-OH is 1. The van der Waals surface area contributed by atoms with Gasteiger partial charge >= 0.3 is 5.97 Å². The average Bonchev–Trinajstić information content (AvgIpc) is 2.87. The molecule has 2 rings (SSSR count). The second-order valence-corrected chi connectivity index (χ2v) is 5.90. The normalized spacial score (nSPS) is 21.9. The van der Waals surface area contributed by atoms with Gasteiger partial charge in [0.2, 0.25) is 0 Å². The molecule has 4 nitrogen and oxygen atoms in total. The molecule has 0 saturated heterocycles. The molecule has 1 saturated carbocycles. The fourth-order valence-corrected chi connectivity index (χ4v) is 3.23. The zero-order valence-corrected chi connectivity index (χ0v) is 12.5. The maximum Gasteiger partial charge on any atom is 0.336 e. The number of hydrogen-bond donors (Lipinski definition) is 3. The predicted octanol–water partition coefficient (Wildman–Crippen LogP) is 3.11. The third kappa shape index (κ3) is 3.12. The topological polar surface area (TPSA) is 69.6 Å². The van der Waals surface area contributed by atoms with Crippen LogP contribution in [-0.4, -0.2) is 29.3 Å². The highest BCUT2D eigenvalue weighted by molar-refractivity contribution is 9.10. The van der Waals surface area contributed by atoms with Gasteiger partial charge in [-0.1, -0.05) is 6.42 Å². The number of carboxylic acids is 1. The monoisotopic (exact) mass is 345 g/mol. The molecule has 0 radical (unpaired) electrons. The summed E-state index contributed by atoms with van der Waals surface area (Å²) >= 11 is 2.97. The molecule has 110 valence electrons. The van der Waals surface area contributed by atoms with Gasteiger partial charge in [0.15, 0.2) is 5.82 Å². The van der Waals surface area contributed by atoms with Crippen LogP contribution in [0.3, 0.4) is 0 Å². The van der Waals surface area contributed by atoms with Crippen LogP contribution in [0.5, 0.6) is 0 Å². The van der Waals surface area contributed by atoms with Crippen molar-refractivity contribution < 1.29 is 19.4 Å². The first-order chi connectivity index (χ1) is 9.54. The second-order valence-electron chi connectivity index (χ2n) is 5.11. The molecule has 0 aromatic heterocycles. The zero-order valence-electron chi connectivity index (χ0n) is 10.9. The van der Waals surface area contributed by atoms with Gasteiger partial charge in [-0.25, -0.2) is 9.18 Å². The zero-order chi connectivity index (χ0) is 14.7. The molecule has 0 bridgehead atoms. The van der Waals surface area contributed by atoms with Gasteiger partial charge in [0, 0.05) is 13.2 Å². The van der Waals surface area contributed by atoms with Crippen LogP contribution in [0.4, 0.5) is 10.1 Å². The van der Waals surface area contributed by atoms with Crippen LogP contribution in [0.2, 0.25) is 0 Å². The predicted molar refractivity (Wildman–Crippen MR) is 77.5 cm³/mol. The molecule has 1 aromatic rings. The Morgan fingerprint density at radius 2 is 2.10 bits per heavy atom. The Hall–Kier alpha value is -1.14. The Bertz CT molecular complexity index is 509. The van der Waals surface area contributed by atoms with Crippen molar-refractivity contribution in [3.8, 4) is 0 Å². The Labute approximate surface area is 125 Å². The van der Waals surface area contributed by atoms with Crippen molar-refractivity contribution >= 4 is 27.6 Å². The van der Waals surface area contributed by atoms with Gasteiger partial charge in [-0.05, 0) is 52.7 Å². The minimum Gasteiger partial charge on any atom is -0.478 e. The quantitative estimate of drug-likeness (QED) is 0.766. The number of anilines is 1. The van der Waals surface area contributed by atoms with Gasteiger partial charge in [0.25, 0.3) is 0 Å². The molecule has 3 N–H and O–H groups in total. The van der Waals surface area contributed by atoms with E-state index in [1.165, 1.54) is 12.1 Å². The molecule has 0 heterocycles. The number of carboxylic acid groups (broad SMARTS) is 1. The van der Waals surface area contributed by atoms with Gasteiger partial charge in [0.1, 0.15) is 0 Å². The average molecular weight is 346 g/mol. The summed E-state index contributed by atoms with van der Waals surface area (Å²) in [6.07, 6.45) is 3.11. The molecule has 1 aromatic carbocycles. The van der Waals surface area contributed by atoms with Gasteiger partial charge in [0.05, 0.1) is 15.7 Å². The Kier molecular flexibility index (Phi) is 4.99. The lowest BCUT2D eigenvalue weighted by atomic mass is 9.97. The van der Waals surface area contributed by atoms with Gasteiger partial charge < -0.3 is 15.5 Å². The molecular weight excluding hydrogens is 329 g/mol. The maximum atomic E-state index is 14.1. The Morgan fingerprint density at radius 1 is 1.40 bits per heavy atom. The van der Waals surface area contributed by atoms with Crippen molar-refractivity contribution in [2.24, 2.45) is 11.8 Å². The molecule has 2 atom stereocenters. The smallest absolute Gasteiger partial charge is 0.336 e. The molecule has 6 heteroatoms. The highest BCUT2D eigenvalue weighted by Crippen LogP contribution is 2.32. The molecule has 2 unspecified atom stereocenters. The summed E-state index contributed by atoms with van der Waals surface area (Å²) in [6, 6.07) is 2.81. The van der Waals surface area contributed by atoms with Crippen LogP contribution in [0.25, 0.3) is 0 Å². The van der Waals surface area contributed by atoms with Crippen LogP contribution < -0.4 is 5.32 Å². The fourth-order valence-electron chi connectivity index (χ4n) is 2.71. The Balaban J connectivity index is 2.07. The second kappa shape index (κ2) is 6.54. The molecule has 0 spiro atoms. The van der Waals surface area contributed by atoms with E-state index in [2.05, 4.69) is 21.2 Å². The largest absolute Gasteiger partial charge is 0.478 e. The third-order valence-corrected chi connectivity index (χ3v) is 4.69. The summed E-state index contributed by atoms with van der Waals surface area (Å²) in [5.41, 5.74) is 0.188. The third-order valence-electron chi connectivity index (χ3n) is 3.92. The molecule has 0 aliphatic heterocycles. The lowest BCUT2D eigenvalue weighted by Gasteiger charge is -2.19. The highest BCUT2D eigenvalue weighted by atomic mass is 79.9. The van der Waals surface area contributed by atoms with Crippen molar-refractivity contribution in [1.82, 2.24) is 0 Å². The number of rotatable bonds is 5. The van der Waals surface area contributed by atoms with Crippen LogP contribution in [-0.2, 0) is 0 Å². The van der Waals surface area contributed by atoms with Crippen molar-refractivity contribution in [2.45, 2.75) is 19.3 Å². The Morgan fingerprint density at radius 3 is 2.75 bits per heavy atom. The lowest BCUT2D eigenvalue weighted by Crippen LogP contribution is -2.21. The van der Waals surface area contributed by atoms with Gasteiger partial charge in [-0.15, -0.1) is 0 Å². The number of carbonyl (C=O) groups is 1. The fraction of sp³-hybridized carbons (Fsp3) is 0.500. The molecule has 1 aliphatic rings. The van der Waals surface area contributed by atoms with Crippen molar-refractivity contribution in [3.05, 3.63) is 28.0 Å². The van der Waals surface area contributed by atoms with Crippen molar-refractivity contribution in [1.29, 1.82) is 0 Å². The number of nitrogens with one attached hydrogen (secondary N) is 1. The number of benzene rings is 1. The molecular formula is C14H17BrFNO3. The summed E-state index contributed by atoms with van der Waals surface area (Å²) in [5.74, 6) is -1.16. The number of aromatic carboxylic acids is 1. The van der Waals surface area contributed by atoms with Crippen LogP contribution in [0, 0.1) is 17.7 Å². The summed E-state index contributed by atoms with van der Waals surface area (Å²) in [4.78, 5) is 10.9. The van der Waals surface area contributed by atoms with E-state index in [1.807, 2.05) is 0 Å². The minimum absolute atomic E-state index is 0.0415. The van der Waals surface area contributed by atoms with Gasteiger partial charge in [-0.2, -0.15) is 0 Å². The van der Waals surface area contributed by atoms with E-state index < -0.39 is 11.8 Å². The van der Waals surface area contributed by atoms with Crippen molar-refractivity contribution in [2.75, 3.05) is 18.5 Å². The maximum absolute atomic E-state index is 14.1. The first-order valence-corrected chi connectivity index (χ1v) is 7.40. The lowest BCUT2D eigenvalue weighted by molar-refractivity contribution is 0.0695.